The van der Waals surface area contributed by atoms with Gasteiger partial charge in [-0.2, -0.15) is 0 Å². The predicted octanol–water partition coefficient (Wildman–Crippen LogP) is 2.44. The van der Waals surface area contributed by atoms with E-state index in [0.717, 1.165) is 18.3 Å². The minimum absolute atomic E-state index is 0.0943. The van der Waals surface area contributed by atoms with Crippen LogP contribution in [0, 0.1) is 23.2 Å². The Kier molecular flexibility index (Phi) is 4.60. The minimum atomic E-state index is -0.0943. The van der Waals surface area contributed by atoms with Crippen LogP contribution in [-0.4, -0.2) is 23.4 Å². The first-order valence-corrected chi connectivity index (χ1v) is 6.26. The van der Waals surface area contributed by atoms with Crippen LogP contribution in [0.25, 0.3) is 0 Å². The molecule has 0 aliphatic heterocycles. The highest BCUT2D eigenvalue weighted by Gasteiger charge is 2.50. The van der Waals surface area contributed by atoms with Crippen molar-refractivity contribution in [2.75, 3.05) is 13.2 Å². The number of hydrogen-bond acceptors (Lipinski definition) is 2. The van der Waals surface area contributed by atoms with Gasteiger partial charge in [0.2, 0.25) is 0 Å². The molecule has 2 heteroatoms. The zero-order chi connectivity index (χ0) is 11.5. The Morgan fingerprint density at radius 3 is 1.87 bits per heavy atom. The van der Waals surface area contributed by atoms with Crippen LogP contribution < -0.4 is 0 Å². The lowest BCUT2D eigenvalue weighted by Crippen LogP contribution is -2.35. The first kappa shape index (κ1) is 13.0. The second kappa shape index (κ2) is 5.31. The van der Waals surface area contributed by atoms with Crippen LogP contribution in [0.4, 0.5) is 0 Å². The molecule has 2 rings (SSSR count). The molecule has 90 valence electrons. The summed E-state index contributed by atoms with van der Waals surface area (Å²) in [5.74, 6) is 2.25. The molecule has 0 aromatic carbocycles. The van der Waals surface area contributed by atoms with Crippen LogP contribution in [0.5, 0.6) is 0 Å². The monoisotopic (exact) mass is 214 g/mol. The Labute approximate surface area is 93.7 Å². The van der Waals surface area contributed by atoms with Crippen LogP contribution in [-0.2, 0) is 0 Å². The fourth-order valence-corrected chi connectivity index (χ4v) is 3.00. The van der Waals surface area contributed by atoms with Crippen LogP contribution >= 0.6 is 0 Å². The Balaban J connectivity index is 0.000000245. The van der Waals surface area contributed by atoms with Crippen LogP contribution in [0.15, 0.2) is 0 Å². The summed E-state index contributed by atoms with van der Waals surface area (Å²) in [4.78, 5) is 0. The Morgan fingerprint density at radius 1 is 1.13 bits per heavy atom. The molecule has 2 unspecified atom stereocenters. The molecule has 2 nitrogen and oxygen atoms in total. The molecule has 2 bridgehead atoms. The predicted molar refractivity (Wildman–Crippen MR) is 62.6 cm³/mol. The SMILES string of the molecule is CC(C)C.OCC1(CO)CC2CCC1C2. The van der Waals surface area contributed by atoms with E-state index in [2.05, 4.69) is 20.8 Å². The molecule has 2 N–H and O–H groups in total. The molecular weight excluding hydrogens is 188 g/mol. The lowest BCUT2D eigenvalue weighted by Gasteiger charge is -2.33. The van der Waals surface area contributed by atoms with Crippen LogP contribution in [0.3, 0.4) is 0 Å². The Hall–Kier alpha value is -0.0800. The third-order valence-corrected chi connectivity index (χ3v) is 3.73. The molecule has 0 aromatic rings. The molecule has 2 atom stereocenters. The van der Waals surface area contributed by atoms with Crippen molar-refractivity contribution in [3.8, 4) is 0 Å². The van der Waals surface area contributed by atoms with Crippen molar-refractivity contribution in [3.63, 3.8) is 0 Å². The third kappa shape index (κ3) is 2.94. The quantitative estimate of drug-likeness (QED) is 0.741. The third-order valence-electron chi connectivity index (χ3n) is 3.73. The number of fused-ring (bicyclic) bond motifs is 2. The van der Waals surface area contributed by atoms with E-state index >= 15 is 0 Å². The second-order valence-electron chi connectivity index (χ2n) is 5.99. The maximum Gasteiger partial charge on any atom is 0.0512 e. The fraction of sp³-hybridized carbons (Fsp3) is 1.00. The van der Waals surface area contributed by atoms with Gasteiger partial charge in [0.1, 0.15) is 0 Å². The van der Waals surface area contributed by atoms with Crippen molar-refractivity contribution in [1.29, 1.82) is 0 Å². The fourth-order valence-electron chi connectivity index (χ4n) is 3.00. The van der Waals surface area contributed by atoms with Crippen molar-refractivity contribution in [2.24, 2.45) is 23.2 Å². The normalized spacial score (nSPS) is 31.6. The van der Waals surface area contributed by atoms with Gasteiger partial charge in [0.05, 0.1) is 13.2 Å². The first-order chi connectivity index (χ1) is 7.04. The average molecular weight is 214 g/mol. The van der Waals surface area contributed by atoms with Crippen molar-refractivity contribution in [1.82, 2.24) is 0 Å². The van der Waals surface area contributed by atoms with Gasteiger partial charge in [-0.25, -0.2) is 0 Å². The number of hydrogen-bond donors (Lipinski definition) is 2. The molecule has 0 radical (unpaired) electrons. The summed E-state index contributed by atoms with van der Waals surface area (Å²) < 4.78 is 0. The number of aliphatic hydroxyl groups is 2. The zero-order valence-corrected chi connectivity index (χ0v) is 10.4. The van der Waals surface area contributed by atoms with Crippen molar-refractivity contribution < 1.29 is 10.2 Å². The molecular formula is C13H26O2. The molecule has 0 spiro atoms. The van der Waals surface area contributed by atoms with E-state index in [-0.39, 0.29) is 18.6 Å². The molecule has 2 aliphatic carbocycles. The summed E-state index contributed by atoms with van der Waals surface area (Å²) in [7, 11) is 0. The zero-order valence-electron chi connectivity index (χ0n) is 10.4. The molecule has 0 amide bonds. The molecule has 2 aliphatic rings. The van der Waals surface area contributed by atoms with Crippen molar-refractivity contribution in [2.45, 2.75) is 46.5 Å². The highest BCUT2D eigenvalue weighted by molar-refractivity contribution is 4.99. The number of rotatable bonds is 2. The van der Waals surface area contributed by atoms with Crippen LogP contribution in [0.2, 0.25) is 0 Å². The van der Waals surface area contributed by atoms with Gasteiger partial charge in [0.15, 0.2) is 0 Å². The molecule has 0 aromatic heterocycles. The molecule has 2 fully saturated rings. The summed E-state index contributed by atoms with van der Waals surface area (Å²) in [5.41, 5.74) is -0.0943. The largest absolute Gasteiger partial charge is 0.396 e. The topological polar surface area (TPSA) is 40.5 Å². The highest BCUT2D eigenvalue weighted by Crippen LogP contribution is 2.55. The lowest BCUT2D eigenvalue weighted by atomic mass is 9.74. The van der Waals surface area contributed by atoms with Gasteiger partial charge >= 0.3 is 0 Å². The van der Waals surface area contributed by atoms with E-state index in [9.17, 15) is 10.2 Å². The maximum absolute atomic E-state index is 9.18. The van der Waals surface area contributed by atoms with E-state index in [4.69, 9.17) is 0 Å². The van der Waals surface area contributed by atoms with Gasteiger partial charge in [-0.05, 0) is 37.0 Å². The molecule has 2 saturated carbocycles. The van der Waals surface area contributed by atoms with E-state index in [1.807, 2.05) is 0 Å². The molecule has 0 saturated heterocycles. The van der Waals surface area contributed by atoms with E-state index in [0.29, 0.717) is 5.92 Å². The standard InChI is InChI=1S/C9H16O2.C4H10/c10-5-9(6-11)4-7-1-2-8(9)3-7;1-4(2)3/h7-8,10-11H,1-6H2;4H,1-3H3. The number of aliphatic hydroxyl groups excluding tert-OH is 2. The molecule has 0 heterocycles. The minimum Gasteiger partial charge on any atom is -0.396 e. The van der Waals surface area contributed by atoms with Gasteiger partial charge in [-0.1, -0.05) is 27.2 Å². The second-order valence-corrected chi connectivity index (χ2v) is 5.99. The van der Waals surface area contributed by atoms with Gasteiger partial charge < -0.3 is 10.2 Å². The first-order valence-electron chi connectivity index (χ1n) is 6.26. The smallest absolute Gasteiger partial charge is 0.0512 e. The summed E-state index contributed by atoms with van der Waals surface area (Å²) >= 11 is 0. The average Bonchev–Trinajstić information content (AvgIpc) is 2.76. The Morgan fingerprint density at radius 2 is 1.67 bits per heavy atom. The van der Waals surface area contributed by atoms with Gasteiger partial charge in [-0.15, -0.1) is 0 Å². The lowest BCUT2D eigenvalue weighted by molar-refractivity contribution is 0.00864. The summed E-state index contributed by atoms with van der Waals surface area (Å²) in [6.45, 7) is 6.87. The van der Waals surface area contributed by atoms with E-state index < -0.39 is 0 Å². The molecule has 15 heavy (non-hydrogen) atoms. The van der Waals surface area contributed by atoms with Gasteiger partial charge in [0, 0.05) is 5.41 Å². The summed E-state index contributed by atoms with van der Waals surface area (Å²) in [5, 5.41) is 18.4. The van der Waals surface area contributed by atoms with Crippen LogP contribution in [0.1, 0.15) is 46.5 Å². The summed E-state index contributed by atoms with van der Waals surface area (Å²) in [6, 6.07) is 0. The van der Waals surface area contributed by atoms with Gasteiger partial charge in [-0.3, -0.25) is 0 Å². The van der Waals surface area contributed by atoms with E-state index in [1.165, 1.54) is 19.3 Å². The van der Waals surface area contributed by atoms with Crippen molar-refractivity contribution >= 4 is 0 Å². The highest BCUT2D eigenvalue weighted by atomic mass is 16.3. The summed E-state index contributed by atoms with van der Waals surface area (Å²) in [6.07, 6.45) is 4.87. The van der Waals surface area contributed by atoms with Gasteiger partial charge in [0.25, 0.3) is 0 Å². The maximum atomic E-state index is 9.18. The Bertz CT molecular complexity index is 182. The van der Waals surface area contributed by atoms with E-state index in [1.54, 1.807) is 0 Å². The van der Waals surface area contributed by atoms with Crippen molar-refractivity contribution in [3.05, 3.63) is 0 Å².